The molecule has 0 saturated carbocycles. The van der Waals surface area contributed by atoms with Crippen molar-refractivity contribution in [2.24, 2.45) is 0 Å². The molecule has 3 aromatic carbocycles. The zero-order valence-electron chi connectivity index (χ0n) is 18.8. The molecule has 36 heavy (non-hydrogen) atoms. The van der Waals surface area contributed by atoms with Crippen LogP contribution >= 0.6 is 11.6 Å². The fraction of sp³-hybridized carbons (Fsp3) is 0.160. The number of rotatable bonds is 7. The van der Waals surface area contributed by atoms with E-state index in [0.717, 1.165) is 5.56 Å². The van der Waals surface area contributed by atoms with E-state index in [1.54, 1.807) is 24.3 Å². The second-order valence-electron chi connectivity index (χ2n) is 8.19. The van der Waals surface area contributed by atoms with Crippen molar-refractivity contribution in [1.29, 1.82) is 0 Å². The van der Waals surface area contributed by atoms with E-state index in [0.29, 0.717) is 40.8 Å². The van der Waals surface area contributed by atoms with Crippen molar-refractivity contribution in [2.45, 2.75) is 24.2 Å². The quantitative estimate of drug-likeness (QED) is 0.369. The molecule has 1 aliphatic heterocycles. The minimum absolute atomic E-state index is 0.0783. The summed E-state index contributed by atoms with van der Waals surface area (Å²) in [7, 11) is -3.77. The summed E-state index contributed by atoms with van der Waals surface area (Å²) in [5.74, 6) is -0.0670. The minimum Gasteiger partial charge on any atom is -0.339 e. The molecule has 1 N–H and O–H groups in total. The molecule has 0 spiro atoms. The molecule has 8 nitrogen and oxygen atoms in total. The van der Waals surface area contributed by atoms with Crippen molar-refractivity contribution >= 4 is 38.9 Å². The topological polar surface area (TPSA) is 105 Å². The molecule has 11 heteroatoms. The number of anilines is 2. The Hall–Kier alpha value is -3.76. The number of halogens is 2. The van der Waals surface area contributed by atoms with Crippen molar-refractivity contribution in [2.75, 3.05) is 16.2 Å². The fourth-order valence-electron chi connectivity index (χ4n) is 3.93. The minimum atomic E-state index is -3.77. The number of hydrogen-bond acceptors (Lipinski definition) is 6. The van der Waals surface area contributed by atoms with Crippen LogP contribution < -0.4 is 9.62 Å². The van der Waals surface area contributed by atoms with E-state index < -0.39 is 10.0 Å². The number of carbonyl (C=O) groups is 1. The van der Waals surface area contributed by atoms with Gasteiger partial charge >= 0.3 is 0 Å². The van der Waals surface area contributed by atoms with Gasteiger partial charge in [0.2, 0.25) is 17.6 Å². The molecule has 1 amide bonds. The Labute approximate surface area is 211 Å². The third-order valence-electron chi connectivity index (χ3n) is 5.76. The highest BCUT2D eigenvalue weighted by Crippen LogP contribution is 2.35. The number of aryl methyl sites for hydroxylation is 1. The summed E-state index contributed by atoms with van der Waals surface area (Å²) in [5, 5.41) is 7.12. The maximum Gasteiger partial charge on any atom is 0.264 e. The number of aromatic nitrogens is 2. The van der Waals surface area contributed by atoms with Crippen LogP contribution in [0.1, 0.15) is 17.9 Å². The first-order valence-electron chi connectivity index (χ1n) is 11.1. The van der Waals surface area contributed by atoms with Gasteiger partial charge in [0, 0.05) is 35.7 Å². The Bertz CT molecular complexity index is 1520. The number of hydrogen-bond donors (Lipinski definition) is 1. The van der Waals surface area contributed by atoms with E-state index in [2.05, 4.69) is 15.5 Å². The Morgan fingerprint density at radius 1 is 1.08 bits per heavy atom. The highest BCUT2D eigenvalue weighted by Gasteiger charge is 2.31. The predicted octanol–water partition coefficient (Wildman–Crippen LogP) is 4.85. The lowest BCUT2D eigenvalue weighted by Gasteiger charge is -2.20. The molecule has 184 valence electrons. The number of nitrogens with zero attached hydrogens (tertiary/aromatic N) is 3. The van der Waals surface area contributed by atoms with Gasteiger partial charge in [-0.1, -0.05) is 22.8 Å². The number of nitrogens with one attached hydrogen (secondary N) is 1. The van der Waals surface area contributed by atoms with Gasteiger partial charge in [0.1, 0.15) is 5.82 Å². The first-order valence-corrected chi connectivity index (χ1v) is 12.9. The van der Waals surface area contributed by atoms with Crippen molar-refractivity contribution in [1.82, 2.24) is 10.1 Å². The first-order chi connectivity index (χ1) is 17.3. The molecule has 5 rings (SSSR count). The van der Waals surface area contributed by atoms with Crippen LogP contribution in [0.5, 0.6) is 0 Å². The first kappa shape index (κ1) is 24.0. The molecule has 1 aromatic heterocycles. The molecule has 4 aromatic rings. The van der Waals surface area contributed by atoms with E-state index in [-0.39, 0.29) is 35.4 Å². The molecule has 0 saturated heterocycles. The summed E-state index contributed by atoms with van der Waals surface area (Å²) in [6.45, 7) is 0.311. The third-order valence-corrected chi connectivity index (χ3v) is 7.84. The Morgan fingerprint density at radius 3 is 2.58 bits per heavy atom. The van der Waals surface area contributed by atoms with Crippen LogP contribution in [-0.2, 0) is 27.7 Å². The van der Waals surface area contributed by atoms with E-state index in [1.807, 2.05) is 6.07 Å². The molecule has 0 aliphatic carbocycles. The second kappa shape index (κ2) is 9.71. The van der Waals surface area contributed by atoms with Gasteiger partial charge in [-0.3, -0.25) is 9.10 Å². The molecular formula is C25H20ClFN4O4S. The van der Waals surface area contributed by atoms with Gasteiger partial charge < -0.3 is 9.84 Å². The van der Waals surface area contributed by atoms with Crippen molar-refractivity contribution < 1.29 is 22.1 Å². The third kappa shape index (κ3) is 4.95. The fourth-order valence-corrected chi connectivity index (χ4v) is 5.55. The largest absolute Gasteiger partial charge is 0.339 e. The summed E-state index contributed by atoms with van der Waals surface area (Å²) in [5.41, 5.74) is 2.50. The van der Waals surface area contributed by atoms with Crippen molar-refractivity contribution in [3.63, 3.8) is 0 Å². The molecule has 0 radical (unpaired) electrons. The Morgan fingerprint density at radius 2 is 1.83 bits per heavy atom. The highest BCUT2D eigenvalue weighted by atomic mass is 35.5. The molecule has 1 aliphatic rings. The number of benzene rings is 3. The Kier molecular flexibility index (Phi) is 6.46. The van der Waals surface area contributed by atoms with Gasteiger partial charge in [-0.05, 0) is 72.6 Å². The highest BCUT2D eigenvalue weighted by molar-refractivity contribution is 7.92. The summed E-state index contributed by atoms with van der Waals surface area (Å²) >= 11 is 5.90. The summed E-state index contributed by atoms with van der Waals surface area (Å²) in [4.78, 5) is 16.9. The van der Waals surface area contributed by atoms with Gasteiger partial charge in [0.15, 0.2) is 0 Å². The monoisotopic (exact) mass is 526 g/mol. The summed E-state index contributed by atoms with van der Waals surface area (Å²) in [6.07, 6.45) is 0.862. The van der Waals surface area contributed by atoms with Crippen molar-refractivity contribution in [3.05, 3.63) is 89.0 Å². The van der Waals surface area contributed by atoms with Crippen LogP contribution in [0.3, 0.4) is 0 Å². The van der Waals surface area contributed by atoms with Crippen molar-refractivity contribution in [3.8, 4) is 11.4 Å². The zero-order chi connectivity index (χ0) is 25.3. The molecule has 2 heterocycles. The molecule has 0 bridgehead atoms. The van der Waals surface area contributed by atoms with E-state index in [1.165, 1.54) is 40.7 Å². The number of amides is 1. The Balaban J connectivity index is 1.25. The average molecular weight is 527 g/mol. The van der Waals surface area contributed by atoms with E-state index in [9.17, 15) is 17.6 Å². The SMILES string of the molecule is O=C(CCc1nc(-c2ccc(F)cc2)no1)Nc1ccc2c(c1)N(S(=O)(=O)c1ccc(Cl)cc1)CC2. The van der Waals surface area contributed by atoms with E-state index in [4.69, 9.17) is 16.1 Å². The average Bonchev–Trinajstić information content (AvgIpc) is 3.51. The van der Waals surface area contributed by atoms with Crippen LogP contribution in [0.2, 0.25) is 5.02 Å². The van der Waals surface area contributed by atoms with Crippen LogP contribution in [-0.4, -0.2) is 31.0 Å². The standard InChI is InChI=1S/C25H20ClFN4O4S/c26-18-4-9-21(10-5-18)36(33,34)31-14-13-16-3-8-20(15-22(16)31)28-23(32)11-12-24-29-25(30-35-24)17-1-6-19(27)7-2-17/h1-10,15H,11-14H2,(H,28,32). The lowest BCUT2D eigenvalue weighted by Crippen LogP contribution is -2.29. The zero-order valence-corrected chi connectivity index (χ0v) is 20.4. The number of carbonyl (C=O) groups excluding carboxylic acids is 1. The lowest BCUT2D eigenvalue weighted by atomic mass is 10.1. The van der Waals surface area contributed by atoms with Crippen LogP contribution in [0.15, 0.2) is 76.1 Å². The van der Waals surface area contributed by atoms with Crippen LogP contribution in [0, 0.1) is 5.82 Å². The molecular weight excluding hydrogens is 507 g/mol. The van der Waals surface area contributed by atoms with Crippen LogP contribution in [0.25, 0.3) is 11.4 Å². The second-order valence-corrected chi connectivity index (χ2v) is 10.5. The number of fused-ring (bicyclic) bond motifs is 1. The summed E-state index contributed by atoms with van der Waals surface area (Å²) in [6, 6.07) is 16.9. The van der Waals surface area contributed by atoms with Gasteiger partial charge in [-0.15, -0.1) is 0 Å². The van der Waals surface area contributed by atoms with Gasteiger partial charge in [0.05, 0.1) is 10.6 Å². The molecule has 0 unspecified atom stereocenters. The molecule has 0 atom stereocenters. The van der Waals surface area contributed by atoms with Gasteiger partial charge in [-0.2, -0.15) is 4.98 Å². The van der Waals surface area contributed by atoms with E-state index >= 15 is 0 Å². The lowest BCUT2D eigenvalue weighted by molar-refractivity contribution is -0.116. The molecule has 0 fully saturated rings. The number of sulfonamides is 1. The predicted molar refractivity (Wildman–Crippen MR) is 133 cm³/mol. The van der Waals surface area contributed by atoms with Gasteiger partial charge in [0.25, 0.3) is 10.0 Å². The summed E-state index contributed by atoms with van der Waals surface area (Å²) < 4.78 is 46.0. The van der Waals surface area contributed by atoms with Gasteiger partial charge in [-0.25, -0.2) is 12.8 Å². The normalized spacial score (nSPS) is 13.0. The maximum absolute atomic E-state index is 13.2. The maximum atomic E-state index is 13.2. The smallest absolute Gasteiger partial charge is 0.264 e. The van der Waals surface area contributed by atoms with Crippen LogP contribution in [0.4, 0.5) is 15.8 Å².